The lowest BCUT2D eigenvalue weighted by Gasteiger charge is -2.32. The molecule has 6 atom stereocenters. The minimum atomic E-state index is -0.894. The van der Waals surface area contributed by atoms with Crippen molar-refractivity contribution in [2.45, 2.75) is 118 Å². The minimum Gasteiger partial charge on any atom is -0.343 e. The highest BCUT2D eigenvalue weighted by Crippen LogP contribution is 2.22. The van der Waals surface area contributed by atoms with Crippen molar-refractivity contribution in [2.24, 2.45) is 23.7 Å². The van der Waals surface area contributed by atoms with Crippen LogP contribution < -0.4 is 21.3 Å². The molecular weight excluding hydrogens is 486 g/mol. The van der Waals surface area contributed by atoms with Crippen LogP contribution in [0.1, 0.15) is 87.5 Å². The van der Waals surface area contributed by atoms with Gasteiger partial charge in [0.25, 0.3) is 0 Å². The van der Waals surface area contributed by atoms with Crippen LogP contribution in [0, 0.1) is 23.7 Å². The summed E-state index contributed by atoms with van der Waals surface area (Å²) in [6.45, 7) is 15.7. The smallest absolute Gasteiger partial charge is 0.245 e. The zero-order chi connectivity index (χ0) is 28.7. The van der Waals surface area contributed by atoms with E-state index in [-0.39, 0.29) is 35.5 Å². The van der Waals surface area contributed by atoms with Gasteiger partial charge in [-0.25, -0.2) is 0 Å². The Morgan fingerprint density at radius 1 is 0.711 bits per heavy atom. The third kappa shape index (κ3) is 8.17. The lowest BCUT2D eigenvalue weighted by Crippen LogP contribution is -2.60. The van der Waals surface area contributed by atoms with E-state index in [1.807, 2.05) is 55.4 Å². The van der Waals surface area contributed by atoms with Gasteiger partial charge in [-0.1, -0.05) is 61.8 Å². The summed E-state index contributed by atoms with van der Waals surface area (Å²) in [6.07, 6.45) is 2.56. The molecule has 10 heteroatoms. The standard InChI is InChI=1S/C28H49N5O5/c1-9-18(8)23-27(37)30-20(14-16(4)5)28(38)33-12-10-11-21(33)25(35)29-19(13-15(2)3)24(34)31-22(17(6)7)26(36)32-23/h15-23H,9-14H2,1-8H3,(H,29,35)(H,30,37)(H,31,34)(H,32,36). The van der Waals surface area contributed by atoms with Crippen molar-refractivity contribution < 1.29 is 24.0 Å². The maximum atomic E-state index is 13.7. The highest BCUT2D eigenvalue weighted by atomic mass is 16.2. The normalized spacial score (nSPS) is 28.9. The zero-order valence-corrected chi connectivity index (χ0v) is 24.4. The van der Waals surface area contributed by atoms with Gasteiger partial charge in [-0.05, 0) is 49.4 Å². The van der Waals surface area contributed by atoms with Crippen LogP contribution >= 0.6 is 0 Å². The summed E-state index contributed by atoms with van der Waals surface area (Å²) in [6, 6.07) is -4.16. The van der Waals surface area contributed by atoms with E-state index in [2.05, 4.69) is 21.3 Å². The fraction of sp³-hybridized carbons (Fsp3) is 0.821. The molecule has 10 nitrogen and oxygen atoms in total. The van der Waals surface area contributed by atoms with Crippen molar-refractivity contribution in [3.63, 3.8) is 0 Å². The van der Waals surface area contributed by atoms with Crippen molar-refractivity contribution in [1.82, 2.24) is 26.2 Å². The van der Waals surface area contributed by atoms with Crippen molar-refractivity contribution in [1.29, 1.82) is 0 Å². The van der Waals surface area contributed by atoms with E-state index in [1.165, 1.54) is 0 Å². The Bertz CT molecular complexity index is 874. The maximum Gasteiger partial charge on any atom is 0.245 e. The molecule has 0 aliphatic carbocycles. The third-order valence-electron chi connectivity index (χ3n) is 7.54. The van der Waals surface area contributed by atoms with Crippen LogP contribution in [0.5, 0.6) is 0 Å². The highest BCUT2D eigenvalue weighted by Gasteiger charge is 2.41. The number of carbonyl (C=O) groups is 5. The van der Waals surface area contributed by atoms with E-state index in [0.717, 1.165) is 0 Å². The van der Waals surface area contributed by atoms with Gasteiger partial charge < -0.3 is 26.2 Å². The molecule has 0 aromatic carbocycles. The number of nitrogens with zero attached hydrogens (tertiary/aromatic N) is 1. The van der Waals surface area contributed by atoms with Crippen molar-refractivity contribution >= 4 is 29.5 Å². The van der Waals surface area contributed by atoms with Crippen molar-refractivity contribution in [3.8, 4) is 0 Å². The van der Waals surface area contributed by atoms with Crippen LogP contribution in [0.2, 0.25) is 0 Å². The molecular formula is C28H49N5O5. The fourth-order valence-corrected chi connectivity index (χ4v) is 5.16. The third-order valence-corrected chi connectivity index (χ3v) is 7.54. The second kappa shape index (κ2) is 13.9. The summed E-state index contributed by atoms with van der Waals surface area (Å²) < 4.78 is 0. The molecule has 38 heavy (non-hydrogen) atoms. The number of fused-ring (bicyclic) bond motifs is 1. The van der Waals surface area contributed by atoms with E-state index in [0.29, 0.717) is 38.6 Å². The Kier molecular flexibility index (Phi) is 11.6. The molecule has 0 aromatic rings. The van der Waals surface area contributed by atoms with Crippen LogP contribution in [-0.4, -0.2) is 71.2 Å². The maximum absolute atomic E-state index is 13.7. The highest BCUT2D eigenvalue weighted by molar-refractivity contribution is 5.98. The monoisotopic (exact) mass is 535 g/mol. The molecule has 2 saturated heterocycles. The lowest BCUT2D eigenvalue weighted by atomic mass is 9.95. The molecule has 6 unspecified atom stereocenters. The molecule has 2 heterocycles. The predicted octanol–water partition coefficient (Wildman–Crippen LogP) is 1.72. The Morgan fingerprint density at radius 3 is 1.79 bits per heavy atom. The lowest BCUT2D eigenvalue weighted by molar-refractivity contribution is -0.142. The van der Waals surface area contributed by atoms with E-state index < -0.39 is 47.9 Å². The molecule has 0 bridgehead atoms. The topological polar surface area (TPSA) is 137 Å². The Labute approximate surface area is 227 Å². The van der Waals surface area contributed by atoms with Gasteiger partial charge in [-0.15, -0.1) is 0 Å². The molecule has 216 valence electrons. The fourth-order valence-electron chi connectivity index (χ4n) is 5.16. The van der Waals surface area contributed by atoms with E-state index in [4.69, 9.17) is 0 Å². The van der Waals surface area contributed by atoms with Gasteiger partial charge in [0.15, 0.2) is 0 Å². The number of nitrogens with one attached hydrogen (secondary N) is 4. The molecule has 2 rings (SSSR count). The van der Waals surface area contributed by atoms with Gasteiger partial charge in [-0.3, -0.25) is 24.0 Å². The van der Waals surface area contributed by atoms with Crippen LogP contribution in [0.25, 0.3) is 0 Å². The summed E-state index contributed by atoms with van der Waals surface area (Å²) in [5.74, 6) is -2.29. The summed E-state index contributed by atoms with van der Waals surface area (Å²) >= 11 is 0. The van der Waals surface area contributed by atoms with Crippen molar-refractivity contribution in [3.05, 3.63) is 0 Å². The molecule has 2 fully saturated rings. The second-order valence-electron chi connectivity index (χ2n) is 12.2. The average molecular weight is 536 g/mol. The number of rotatable bonds is 7. The molecule has 0 spiro atoms. The van der Waals surface area contributed by atoms with Gasteiger partial charge in [0, 0.05) is 6.54 Å². The molecule has 2 aliphatic heterocycles. The molecule has 0 radical (unpaired) electrons. The first-order valence-corrected chi connectivity index (χ1v) is 14.3. The Hall–Kier alpha value is -2.65. The second-order valence-corrected chi connectivity index (χ2v) is 12.2. The van der Waals surface area contributed by atoms with Gasteiger partial charge in [0.1, 0.15) is 30.2 Å². The summed E-state index contributed by atoms with van der Waals surface area (Å²) in [7, 11) is 0. The number of carbonyl (C=O) groups excluding carboxylic acids is 5. The van der Waals surface area contributed by atoms with E-state index >= 15 is 0 Å². The quantitative estimate of drug-likeness (QED) is 0.394. The minimum absolute atomic E-state index is 0.104. The van der Waals surface area contributed by atoms with Gasteiger partial charge in [-0.2, -0.15) is 0 Å². The van der Waals surface area contributed by atoms with Crippen molar-refractivity contribution in [2.75, 3.05) is 6.54 Å². The molecule has 5 amide bonds. The first-order valence-electron chi connectivity index (χ1n) is 14.3. The Balaban J connectivity index is 2.56. The summed E-state index contributed by atoms with van der Waals surface area (Å²) in [5, 5.41) is 11.5. The van der Waals surface area contributed by atoms with Crippen LogP contribution in [0.15, 0.2) is 0 Å². The van der Waals surface area contributed by atoms with Gasteiger partial charge in [0.2, 0.25) is 29.5 Å². The average Bonchev–Trinajstić information content (AvgIpc) is 3.32. The molecule has 0 saturated carbocycles. The van der Waals surface area contributed by atoms with Gasteiger partial charge in [0.05, 0.1) is 0 Å². The predicted molar refractivity (Wildman–Crippen MR) is 146 cm³/mol. The SMILES string of the molecule is CCC(C)C1NC(=O)C(C(C)C)NC(=O)C(CC(C)C)NC(=O)C2CCCN2C(=O)C(CC(C)C)NC1=O. The molecule has 4 N–H and O–H groups in total. The largest absolute Gasteiger partial charge is 0.343 e. The van der Waals surface area contributed by atoms with Crippen LogP contribution in [0.3, 0.4) is 0 Å². The Morgan fingerprint density at radius 2 is 1.24 bits per heavy atom. The van der Waals surface area contributed by atoms with Gasteiger partial charge >= 0.3 is 0 Å². The number of amides is 5. The van der Waals surface area contributed by atoms with Crippen LogP contribution in [0.4, 0.5) is 0 Å². The summed E-state index contributed by atoms with van der Waals surface area (Å²) in [4.78, 5) is 69.1. The zero-order valence-electron chi connectivity index (χ0n) is 24.4. The van der Waals surface area contributed by atoms with E-state index in [9.17, 15) is 24.0 Å². The first kappa shape index (κ1) is 31.6. The summed E-state index contributed by atoms with van der Waals surface area (Å²) in [5.41, 5.74) is 0. The molecule has 2 aliphatic rings. The first-order chi connectivity index (χ1) is 17.8. The molecule has 0 aromatic heterocycles. The van der Waals surface area contributed by atoms with Crippen LogP contribution in [-0.2, 0) is 24.0 Å². The number of hydrogen-bond acceptors (Lipinski definition) is 5. The van der Waals surface area contributed by atoms with E-state index in [1.54, 1.807) is 4.90 Å². The number of hydrogen-bond donors (Lipinski definition) is 4.